The Balaban J connectivity index is 1.82. The molecule has 0 aliphatic rings. The van der Waals surface area contributed by atoms with Gasteiger partial charge in [0.25, 0.3) is 5.91 Å². The van der Waals surface area contributed by atoms with Crippen molar-refractivity contribution in [3.05, 3.63) is 54.6 Å². The first-order valence-electron chi connectivity index (χ1n) is 9.10. The number of hydrogen-bond acceptors (Lipinski definition) is 6. The van der Waals surface area contributed by atoms with Gasteiger partial charge in [0.1, 0.15) is 0 Å². The number of sulfonamides is 1. The lowest BCUT2D eigenvalue weighted by Crippen LogP contribution is -2.30. The predicted octanol–water partition coefficient (Wildman–Crippen LogP) is 2.99. The fourth-order valence-corrected chi connectivity index (χ4v) is 4.64. The van der Waals surface area contributed by atoms with E-state index in [0.29, 0.717) is 18.8 Å². The number of nitrogens with one attached hydrogen (secondary N) is 1. The lowest BCUT2D eigenvalue weighted by Gasteiger charge is -2.18. The summed E-state index contributed by atoms with van der Waals surface area (Å²) in [6, 6.07) is 15.3. The standard InChI is InChI=1S/C20H24N2O5S2/c1-3-22(4-2)29(25,26)18-12-10-16(11-13-18)21-19(23)14-27-20(24)15-28-17-8-6-5-7-9-17/h5-13H,3-4,14-15H2,1-2H3,(H,21,23). The van der Waals surface area contributed by atoms with Crippen molar-refractivity contribution in [1.82, 2.24) is 4.31 Å². The van der Waals surface area contributed by atoms with E-state index in [1.54, 1.807) is 13.8 Å². The second kappa shape index (κ2) is 11.0. The Morgan fingerprint density at radius 1 is 1.00 bits per heavy atom. The van der Waals surface area contributed by atoms with Gasteiger partial charge in [0.2, 0.25) is 10.0 Å². The van der Waals surface area contributed by atoms with Gasteiger partial charge in [0, 0.05) is 23.7 Å². The molecule has 9 heteroatoms. The van der Waals surface area contributed by atoms with Crippen LogP contribution in [0.5, 0.6) is 0 Å². The summed E-state index contributed by atoms with van der Waals surface area (Å²) in [5, 5.41) is 2.58. The number of carbonyl (C=O) groups excluding carboxylic acids is 2. The van der Waals surface area contributed by atoms with E-state index >= 15 is 0 Å². The highest BCUT2D eigenvalue weighted by Gasteiger charge is 2.21. The Morgan fingerprint density at radius 3 is 2.21 bits per heavy atom. The average molecular weight is 437 g/mol. The molecule has 0 heterocycles. The highest BCUT2D eigenvalue weighted by atomic mass is 32.2. The molecule has 29 heavy (non-hydrogen) atoms. The largest absolute Gasteiger partial charge is 0.455 e. The van der Waals surface area contributed by atoms with E-state index in [9.17, 15) is 18.0 Å². The fraction of sp³-hybridized carbons (Fsp3) is 0.300. The van der Waals surface area contributed by atoms with Crippen molar-refractivity contribution in [2.75, 3.05) is 30.8 Å². The Morgan fingerprint density at radius 2 is 1.62 bits per heavy atom. The van der Waals surface area contributed by atoms with Crippen LogP contribution in [0, 0.1) is 0 Å². The summed E-state index contributed by atoms with van der Waals surface area (Å²) in [6.07, 6.45) is 0. The van der Waals surface area contributed by atoms with Gasteiger partial charge in [-0.2, -0.15) is 4.31 Å². The predicted molar refractivity (Wildman–Crippen MR) is 113 cm³/mol. The second-order valence-corrected chi connectivity index (χ2v) is 8.91. The Bertz CT molecular complexity index is 912. The summed E-state index contributed by atoms with van der Waals surface area (Å²) < 4.78 is 31.2. The van der Waals surface area contributed by atoms with E-state index in [1.165, 1.54) is 40.3 Å². The van der Waals surface area contributed by atoms with E-state index < -0.39 is 28.5 Å². The number of amides is 1. The molecule has 0 saturated heterocycles. The van der Waals surface area contributed by atoms with Crippen LogP contribution in [0.25, 0.3) is 0 Å². The monoisotopic (exact) mass is 436 g/mol. The van der Waals surface area contributed by atoms with Crippen LogP contribution in [0.2, 0.25) is 0 Å². The first kappa shape index (κ1) is 22.9. The number of hydrogen-bond donors (Lipinski definition) is 1. The van der Waals surface area contributed by atoms with Gasteiger partial charge in [-0.25, -0.2) is 8.42 Å². The summed E-state index contributed by atoms with van der Waals surface area (Å²) in [5.74, 6) is -0.882. The number of rotatable bonds is 10. The Labute approximate surface area is 175 Å². The zero-order chi connectivity index (χ0) is 21.3. The minimum atomic E-state index is -3.55. The molecule has 0 atom stereocenters. The van der Waals surface area contributed by atoms with E-state index in [2.05, 4.69) is 5.32 Å². The van der Waals surface area contributed by atoms with Crippen molar-refractivity contribution in [3.63, 3.8) is 0 Å². The molecular weight excluding hydrogens is 412 g/mol. The molecule has 2 aromatic carbocycles. The third-order valence-corrected chi connectivity index (χ3v) is 7.00. The summed E-state index contributed by atoms with van der Waals surface area (Å²) in [6.45, 7) is 3.90. The van der Waals surface area contributed by atoms with Crippen molar-refractivity contribution in [3.8, 4) is 0 Å². The van der Waals surface area contributed by atoms with Gasteiger partial charge in [0.05, 0.1) is 10.6 Å². The highest BCUT2D eigenvalue weighted by Crippen LogP contribution is 2.19. The summed E-state index contributed by atoms with van der Waals surface area (Å²) >= 11 is 1.33. The van der Waals surface area contributed by atoms with E-state index in [-0.39, 0.29) is 10.6 Å². The SMILES string of the molecule is CCN(CC)S(=O)(=O)c1ccc(NC(=O)COC(=O)CSc2ccccc2)cc1. The first-order chi connectivity index (χ1) is 13.9. The van der Waals surface area contributed by atoms with E-state index in [1.807, 2.05) is 30.3 Å². The van der Waals surface area contributed by atoms with Crippen LogP contribution < -0.4 is 5.32 Å². The Hall–Kier alpha value is -2.36. The van der Waals surface area contributed by atoms with Crippen LogP contribution in [0.15, 0.2) is 64.4 Å². The van der Waals surface area contributed by atoms with Crippen LogP contribution in [0.3, 0.4) is 0 Å². The zero-order valence-corrected chi connectivity index (χ0v) is 18.0. The molecule has 0 spiro atoms. The first-order valence-corrected chi connectivity index (χ1v) is 11.5. The summed E-state index contributed by atoms with van der Waals surface area (Å²) in [7, 11) is -3.55. The van der Waals surface area contributed by atoms with Crippen molar-refractivity contribution in [2.24, 2.45) is 0 Å². The number of anilines is 1. The van der Waals surface area contributed by atoms with Crippen LogP contribution in [0.1, 0.15) is 13.8 Å². The minimum Gasteiger partial charge on any atom is -0.455 e. The molecule has 1 amide bonds. The fourth-order valence-electron chi connectivity index (χ4n) is 2.47. The topological polar surface area (TPSA) is 92.8 Å². The molecule has 0 bridgehead atoms. The molecule has 1 N–H and O–H groups in total. The molecule has 7 nitrogen and oxygen atoms in total. The lowest BCUT2D eigenvalue weighted by atomic mass is 10.3. The molecule has 0 aliphatic heterocycles. The molecule has 2 rings (SSSR count). The number of thioether (sulfide) groups is 1. The maximum atomic E-state index is 12.4. The van der Waals surface area contributed by atoms with E-state index in [4.69, 9.17) is 4.74 Å². The van der Waals surface area contributed by atoms with Gasteiger partial charge in [-0.15, -0.1) is 11.8 Å². The molecule has 156 valence electrons. The van der Waals surface area contributed by atoms with Gasteiger partial charge in [-0.05, 0) is 36.4 Å². The Kier molecular flexibility index (Phi) is 8.69. The van der Waals surface area contributed by atoms with Gasteiger partial charge >= 0.3 is 5.97 Å². The number of ether oxygens (including phenoxy) is 1. The highest BCUT2D eigenvalue weighted by molar-refractivity contribution is 8.00. The van der Waals surface area contributed by atoms with Crippen molar-refractivity contribution in [2.45, 2.75) is 23.6 Å². The smallest absolute Gasteiger partial charge is 0.316 e. The maximum absolute atomic E-state index is 12.4. The van der Waals surface area contributed by atoms with Crippen LogP contribution in [0.4, 0.5) is 5.69 Å². The maximum Gasteiger partial charge on any atom is 0.316 e. The molecule has 0 aromatic heterocycles. The van der Waals surface area contributed by atoms with Gasteiger partial charge in [-0.1, -0.05) is 32.0 Å². The normalized spacial score (nSPS) is 11.3. The molecule has 2 aromatic rings. The quantitative estimate of drug-likeness (QED) is 0.455. The molecule has 0 unspecified atom stereocenters. The minimum absolute atomic E-state index is 0.106. The molecule has 0 fully saturated rings. The number of benzene rings is 2. The third kappa shape index (κ3) is 6.88. The van der Waals surface area contributed by atoms with Gasteiger partial charge in [0.15, 0.2) is 6.61 Å². The average Bonchev–Trinajstić information content (AvgIpc) is 2.72. The van der Waals surface area contributed by atoms with Crippen molar-refractivity contribution in [1.29, 1.82) is 0 Å². The van der Waals surface area contributed by atoms with Gasteiger partial charge in [-0.3, -0.25) is 9.59 Å². The van der Waals surface area contributed by atoms with Gasteiger partial charge < -0.3 is 10.1 Å². The zero-order valence-electron chi connectivity index (χ0n) is 16.3. The molecule has 0 radical (unpaired) electrons. The van der Waals surface area contributed by atoms with Crippen molar-refractivity contribution < 1.29 is 22.7 Å². The van der Waals surface area contributed by atoms with Crippen molar-refractivity contribution >= 4 is 39.3 Å². The summed E-state index contributed by atoms with van der Waals surface area (Å²) in [4.78, 5) is 24.8. The van der Waals surface area contributed by atoms with Crippen LogP contribution in [-0.2, 0) is 24.3 Å². The van der Waals surface area contributed by atoms with Crippen LogP contribution in [-0.4, -0.2) is 50.0 Å². The number of carbonyl (C=O) groups is 2. The summed E-state index contributed by atoms with van der Waals surface area (Å²) in [5.41, 5.74) is 0.420. The third-order valence-electron chi connectivity index (χ3n) is 3.95. The number of esters is 1. The second-order valence-electron chi connectivity index (χ2n) is 5.92. The molecule has 0 aliphatic carbocycles. The van der Waals surface area contributed by atoms with Crippen LogP contribution >= 0.6 is 11.8 Å². The van der Waals surface area contributed by atoms with E-state index in [0.717, 1.165) is 4.90 Å². The molecular formula is C20H24N2O5S2. The number of nitrogens with zero attached hydrogens (tertiary/aromatic N) is 1. The molecule has 0 saturated carbocycles. The lowest BCUT2D eigenvalue weighted by molar-refractivity contribution is -0.144.